The lowest BCUT2D eigenvalue weighted by atomic mass is 10.2. The van der Waals surface area contributed by atoms with Gasteiger partial charge < -0.3 is 4.74 Å². The van der Waals surface area contributed by atoms with Gasteiger partial charge in [0.1, 0.15) is 12.4 Å². The predicted octanol–water partition coefficient (Wildman–Crippen LogP) is 4.65. The van der Waals surface area contributed by atoms with Crippen LogP contribution in [0.25, 0.3) is 0 Å². The summed E-state index contributed by atoms with van der Waals surface area (Å²) in [6, 6.07) is 16.5. The minimum absolute atomic E-state index is 0.0964. The van der Waals surface area contributed by atoms with E-state index in [-0.39, 0.29) is 17.1 Å². The summed E-state index contributed by atoms with van der Waals surface area (Å²) in [4.78, 5) is 0.162. The van der Waals surface area contributed by atoms with Crippen molar-refractivity contribution in [1.82, 2.24) is 0 Å². The molecule has 0 aliphatic carbocycles. The van der Waals surface area contributed by atoms with Gasteiger partial charge in [0, 0.05) is 11.3 Å². The van der Waals surface area contributed by atoms with Crippen LogP contribution in [0.15, 0.2) is 71.6 Å². The third-order valence-corrected chi connectivity index (χ3v) is 5.26. The molecule has 0 unspecified atom stereocenters. The molecule has 3 aromatic rings. The Morgan fingerprint density at radius 3 is 2.26 bits per heavy atom. The number of hydrogen-bond acceptors (Lipinski definition) is 3. The number of ether oxygens (including phenoxy) is 1. The zero-order valence-electron chi connectivity index (χ0n) is 14.4. The fraction of sp³-hybridized carbons (Fsp3) is 0.100. The number of aryl methyl sites for hydroxylation is 1. The van der Waals surface area contributed by atoms with Crippen LogP contribution in [0.3, 0.4) is 0 Å². The van der Waals surface area contributed by atoms with E-state index >= 15 is 0 Å². The number of anilines is 1. The molecule has 1 N–H and O–H groups in total. The molecule has 4 nitrogen and oxygen atoms in total. The van der Waals surface area contributed by atoms with Gasteiger partial charge in [-0.2, -0.15) is 0 Å². The van der Waals surface area contributed by atoms with E-state index in [0.29, 0.717) is 11.4 Å². The van der Waals surface area contributed by atoms with Gasteiger partial charge in [-0.1, -0.05) is 29.8 Å². The lowest BCUT2D eigenvalue weighted by molar-refractivity contribution is 0.297. The highest BCUT2D eigenvalue weighted by Gasteiger charge is 2.14. The van der Waals surface area contributed by atoms with Gasteiger partial charge in [-0.3, -0.25) is 4.72 Å². The predicted molar refractivity (Wildman–Crippen MR) is 99.1 cm³/mol. The first-order valence-electron chi connectivity index (χ1n) is 8.10. The largest absolute Gasteiger partial charge is 0.489 e. The van der Waals surface area contributed by atoms with E-state index in [9.17, 15) is 17.2 Å². The topological polar surface area (TPSA) is 55.4 Å². The summed E-state index contributed by atoms with van der Waals surface area (Å²) in [5.41, 5.74) is 1.42. The van der Waals surface area contributed by atoms with Gasteiger partial charge >= 0.3 is 0 Å². The van der Waals surface area contributed by atoms with E-state index < -0.39 is 21.7 Å². The van der Waals surface area contributed by atoms with E-state index in [0.717, 1.165) is 11.6 Å². The summed E-state index contributed by atoms with van der Waals surface area (Å²) >= 11 is 0. The third kappa shape index (κ3) is 4.62. The highest BCUT2D eigenvalue weighted by Crippen LogP contribution is 2.21. The number of hydrogen-bond donors (Lipinski definition) is 1. The van der Waals surface area contributed by atoms with Crippen LogP contribution in [0, 0.1) is 18.6 Å². The summed E-state index contributed by atoms with van der Waals surface area (Å²) in [6.45, 7) is 1.73. The van der Waals surface area contributed by atoms with Crippen molar-refractivity contribution in [3.05, 3.63) is 89.5 Å². The standard InChI is InChI=1S/C20H17F2NO3S/c1-14-5-11-18(12-6-14)27(24,25)23-16-7-9-17(10-8-16)26-13-15-3-2-4-19(21)20(15)22/h2-12,23H,13H2,1H3. The van der Waals surface area contributed by atoms with Crippen molar-refractivity contribution < 1.29 is 21.9 Å². The molecule has 0 aliphatic heterocycles. The van der Waals surface area contributed by atoms with Crippen molar-refractivity contribution in [3.63, 3.8) is 0 Å². The van der Waals surface area contributed by atoms with Crippen molar-refractivity contribution in [3.8, 4) is 5.75 Å². The molecule has 0 saturated heterocycles. The Labute approximate surface area is 156 Å². The molecule has 0 atom stereocenters. The van der Waals surface area contributed by atoms with Gasteiger partial charge in [-0.25, -0.2) is 17.2 Å². The van der Waals surface area contributed by atoms with E-state index in [2.05, 4.69) is 4.72 Å². The summed E-state index contributed by atoms with van der Waals surface area (Å²) in [6.07, 6.45) is 0. The first kappa shape index (κ1) is 18.8. The molecule has 3 rings (SSSR count). The summed E-state index contributed by atoms with van der Waals surface area (Å²) in [5, 5.41) is 0. The van der Waals surface area contributed by atoms with Crippen LogP contribution in [0.5, 0.6) is 5.75 Å². The Morgan fingerprint density at radius 2 is 1.59 bits per heavy atom. The molecule has 0 saturated carbocycles. The fourth-order valence-corrected chi connectivity index (χ4v) is 3.43. The van der Waals surface area contributed by atoms with Crippen LogP contribution in [-0.2, 0) is 16.6 Å². The summed E-state index contributed by atoms with van der Waals surface area (Å²) < 4.78 is 59.4. The minimum atomic E-state index is -3.69. The minimum Gasteiger partial charge on any atom is -0.489 e. The Morgan fingerprint density at radius 1 is 0.926 bits per heavy atom. The van der Waals surface area contributed by atoms with Crippen molar-refractivity contribution in [2.75, 3.05) is 4.72 Å². The number of sulfonamides is 1. The van der Waals surface area contributed by atoms with Gasteiger partial charge in [0.15, 0.2) is 11.6 Å². The SMILES string of the molecule is Cc1ccc(S(=O)(=O)Nc2ccc(OCc3cccc(F)c3F)cc2)cc1. The van der Waals surface area contributed by atoms with Crippen molar-refractivity contribution in [1.29, 1.82) is 0 Å². The maximum absolute atomic E-state index is 13.6. The number of rotatable bonds is 6. The first-order valence-corrected chi connectivity index (χ1v) is 9.59. The fourth-order valence-electron chi connectivity index (χ4n) is 2.37. The quantitative estimate of drug-likeness (QED) is 0.668. The molecule has 7 heteroatoms. The Kier molecular flexibility index (Phi) is 5.41. The zero-order chi connectivity index (χ0) is 19.4. The van der Waals surface area contributed by atoms with Gasteiger partial charge in [-0.05, 0) is 49.4 Å². The first-order chi connectivity index (χ1) is 12.8. The van der Waals surface area contributed by atoms with Crippen LogP contribution >= 0.6 is 0 Å². The van der Waals surface area contributed by atoms with Crippen molar-refractivity contribution >= 4 is 15.7 Å². The van der Waals surface area contributed by atoms with Crippen LogP contribution in [0.1, 0.15) is 11.1 Å². The smallest absolute Gasteiger partial charge is 0.261 e. The van der Waals surface area contributed by atoms with Crippen molar-refractivity contribution in [2.45, 2.75) is 18.4 Å². The van der Waals surface area contributed by atoms with Gasteiger partial charge in [0.25, 0.3) is 10.0 Å². The molecule has 0 amide bonds. The normalized spacial score (nSPS) is 11.2. The lowest BCUT2D eigenvalue weighted by Gasteiger charge is -2.10. The van der Waals surface area contributed by atoms with E-state index in [1.165, 1.54) is 36.4 Å². The van der Waals surface area contributed by atoms with Crippen LogP contribution in [0.4, 0.5) is 14.5 Å². The molecule has 0 radical (unpaired) electrons. The van der Waals surface area contributed by atoms with Crippen LogP contribution in [0.2, 0.25) is 0 Å². The summed E-state index contributed by atoms with van der Waals surface area (Å²) in [7, 11) is -3.69. The highest BCUT2D eigenvalue weighted by molar-refractivity contribution is 7.92. The average Bonchev–Trinajstić information content (AvgIpc) is 2.64. The molecule has 3 aromatic carbocycles. The lowest BCUT2D eigenvalue weighted by Crippen LogP contribution is -2.12. The van der Waals surface area contributed by atoms with Crippen LogP contribution in [-0.4, -0.2) is 8.42 Å². The number of nitrogens with one attached hydrogen (secondary N) is 1. The molecule has 0 fully saturated rings. The Bertz CT molecular complexity index is 1030. The second-order valence-corrected chi connectivity index (χ2v) is 7.63. The number of benzene rings is 3. The zero-order valence-corrected chi connectivity index (χ0v) is 15.3. The average molecular weight is 389 g/mol. The van der Waals surface area contributed by atoms with Gasteiger partial charge in [-0.15, -0.1) is 0 Å². The maximum atomic E-state index is 13.6. The van der Waals surface area contributed by atoms with E-state index in [1.54, 1.807) is 24.3 Å². The molecular weight excluding hydrogens is 372 g/mol. The molecule has 27 heavy (non-hydrogen) atoms. The molecule has 0 heterocycles. The third-order valence-electron chi connectivity index (χ3n) is 3.86. The van der Waals surface area contributed by atoms with Crippen LogP contribution < -0.4 is 9.46 Å². The number of halogens is 2. The van der Waals surface area contributed by atoms with E-state index in [1.807, 2.05) is 6.92 Å². The Balaban J connectivity index is 1.66. The van der Waals surface area contributed by atoms with Gasteiger partial charge in [0.05, 0.1) is 4.90 Å². The Hall–Kier alpha value is -2.93. The second kappa shape index (κ2) is 7.75. The molecule has 0 aromatic heterocycles. The van der Waals surface area contributed by atoms with E-state index in [4.69, 9.17) is 4.74 Å². The molecular formula is C20H17F2NO3S. The summed E-state index contributed by atoms with van der Waals surface area (Å²) in [5.74, 6) is -1.48. The van der Waals surface area contributed by atoms with Crippen molar-refractivity contribution in [2.24, 2.45) is 0 Å². The molecule has 140 valence electrons. The monoisotopic (exact) mass is 389 g/mol. The van der Waals surface area contributed by atoms with Gasteiger partial charge in [0.2, 0.25) is 0 Å². The maximum Gasteiger partial charge on any atom is 0.261 e. The molecule has 0 aliphatic rings. The molecule has 0 spiro atoms. The second-order valence-electron chi connectivity index (χ2n) is 5.94. The molecule has 0 bridgehead atoms. The highest BCUT2D eigenvalue weighted by atomic mass is 32.2.